The second-order valence-electron chi connectivity index (χ2n) is 19.2. The number of fused-ring (bicyclic) bond motifs is 8. The lowest BCUT2D eigenvalue weighted by molar-refractivity contribution is -0.145. The number of benzene rings is 3. The zero-order valence-electron chi connectivity index (χ0n) is 41.1. The van der Waals surface area contributed by atoms with Crippen LogP contribution in [0, 0.1) is 19.7 Å². The van der Waals surface area contributed by atoms with Crippen molar-refractivity contribution in [1.82, 2.24) is 29.7 Å². The van der Waals surface area contributed by atoms with Crippen LogP contribution in [-0.2, 0) is 32.0 Å². The van der Waals surface area contributed by atoms with Crippen LogP contribution in [0.3, 0.4) is 0 Å². The first-order valence-electron chi connectivity index (χ1n) is 25.0. The van der Waals surface area contributed by atoms with Crippen LogP contribution in [0.2, 0.25) is 10.0 Å². The predicted molar refractivity (Wildman–Crippen MR) is 276 cm³/mol. The number of carboxylic acid groups (broad SMARTS) is 1. The van der Waals surface area contributed by atoms with Crippen molar-refractivity contribution in [2.45, 2.75) is 89.3 Å². The average Bonchev–Trinajstić information content (AvgIpc) is 3.79. The Kier molecular flexibility index (Phi) is 16.2. The van der Waals surface area contributed by atoms with Gasteiger partial charge in [-0.25, -0.2) is 29.1 Å². The number of piperazine rings is 1. The summed E-state index contributed by atoms with van der Waals surface area (Å²) in [5, 5.41) is 12.1. The number of carbonyl (C=O) groups is 1. The summed E-state index contributed by atoms with van der Waals surface area (Å²) in [5.41, 5.74) is 4.56. The van der Waals surface area contributed by atoms with Gasteiger partial charge < -0.3 is 43.2 Å². The zero-order chi connectivity index (χ0) is 50.6. The number of aliphatic carboxylic acids is 1. The number of halogens is 3. The van der Waals surface area contributed by atoms with E-state index in [2.05, 4.69) is 31.8 Å². The predicted octanol–water partition coefficient (Wildman–Crippen LogP) is 9.77. The number of thiophene rings is 1. The number of hydrogen-bond acceptors (Lipinski definition) is 15. The van der Waals surface area contributed by atoms with Gasteiger partial charge in [-0.05, 0) is 105 Å². The molecular weight excluding hydrogens is 999 g/mol. The Morgan fingerprint density at radius 3 is 2.41 bits per heavy atom. The van der Waals surface area contributed by atoms with Crippen molar-refractivity contribution < 1.29 is 47.4 Å². The van der Waals surface area contributed by atoms with Crippen molar-refractivity contribution >= 4 is 50.7 Å². The summed E-state index contributed by atoms with van der Waals surface area (Å²) in [5.74, 6) is 0.670. The summed E-state index contributed by atoms with van der Waals surface area (Å²) >= 11 is 16.1. The lowest BCUT2D eigenvalue weighted by Gasteiger charge is -2.35. The van der Waals surface area contributed by atoms with Gasteiger partial charge in [0.2, 0.25) is 12.0 Å². The molecule has 6 aromatic rings. The Hall–Kier alpha value is -5.24. The van der Waals surface area contributed by atoms with E-state index in [0.29, 0.717) is 121 Å². The van der Waals surface area contributed by atoms with E-state index in [0.717, 1.165) is 57.7 Å². The topological polar surface area (TPSA) is 160 Å². The molecule has 386 valence electrons. The van der Waals surface area contributed by atoms with Crippen molar-refractivity contribution in [3.05, 3.63) is 105 Å². The number of carboxylic acids is 1. The summed E-state index contributed by atoms with van der Waals surface area (Å²) < 4.78 is 58.3. The number of likely N-dealkylation sites (N-methyl/N-ethyl adjacent to an activating group) is 1. The fourth-order valence-corrected chi connectivity index (χ4v) is 11.8. The van der Waals surface area contributed by atoms with Crippen molar-refractivity contribution in [2.75, 3.05) is 72.8 Å². The molecular formula is C54H59Cl2FN6O9S. The molecule has 11 rings (SSSR count). The maximum atomic E-state index is 14.4. The van der Waals surface area contributed by atoms with E-state index in [1.165, 1.54) is 29.8 Å². The summed E-state index contributed by atoms with van der Waals surface area (Å²) in [7, 11) is 2.12. The van der Waals surface area contributed by atoms with E-state index >= 15 is 0 Å². The molecule has 7 heterocycles. The fraction of sp³-hybridized carbons (Fsp3) is 0.463. The van der Waals surface area contributed by atoms with Crippen molar-refractivity contribution in [3.63, 3.8) is 0 Å². The van der Waals surface area contributed by atoms with Crippen molar-refractivity contribution in [2.24, 2.45) is 0 Å². The van der Waals surface area contributed by atoms with Crippen LogP contribution in [0.5, 0.6) is 23.1 Å². The van der Waals surface area contributed by atoms with Crippen LogP contribution in [0.4, 0.5) is 4.39 Å². The highest BCUT2D eigenvalue weighted by Gasteiger charge is 2.33. The molecule has 5 aliphatic rings. The van der Waals surface area contributed by atoms with Gasteiger partial charge in [0.1, 0.15) is 53.1 Å². The van der Waals surface area contributed by atoms with E-state index in [4.69, 9.17) is 61.3 Å². The third kappa shape index (κ3) is 11.8. The molecule has 1 aliphatic carbocycles. The lowest BCUT2D eigenvalue weighted by atomic mass is 9.86. The van der Waals surface area contributed by atoms with Gasteiger partial charge in [0, 0.05) is 73.7 Å². The molecule has 3 aromatic heterocycles. The molecule has 1 saturated carbocycles. The van der Waals surface area contributed by atoms with Gasteiger partial charge in [-0.1, -0.05) is 35.3 Å². The Bertz CT molecular complexity index is 2880. The van der Waals surface area contributed by atoms with Crippen LogP contribution >= 0.6 is 34.5 Å². The molecule has 19 heteroatoms. The SMILES string of the molecule is Cc1c(Cl)c2c(Cl)c(C)c1-c1c(-c3ccc(F)cc3)sc3ncnc(c13)O[C@@H](C(=O)O)Cc1cc(ccc1OCc1ccnc([C@H]3CC[C@@H](OCC4COCCO4)CC3)n1)OCC[C@@H](CN1CCN(C)CC1)O2. The van der Waals surface area contributed by atoms with Crippen LogP contribution in [0.1, 0.15) is 66.2 Å². The van der Waals surface area contributed by atoms with Gasteiger partial charge in [-0.3, -0.25) is 4.90 Å². The van der Waals surface area contributed by atoms with Gasteiger partial charge in [0.05, 0.1) is 60.3 Å². The molecule has 15 nitrogen and oxygen atoms in total. The molecule has 3 aromatic carbocycles. The summed E-state index contributed by atoms with van der Waals surface area (Å²) in [6, 6.07) is 13.4. The maximum Gasteiger partial charge on any atom is 0.345 e. The highest BCUT2D eigenvalue weighted by Crippen LogP contribution is 2.53. The molecule has 3 atom stereocenters. The van der Waals surface area contributed by atoms with Crippen LogP contribution in [0.15, 0.2) is 61.1 Å². The first-order chi connectivity index (χ1) is 35.4. The quantitative estimate of drug-likeness (QED) is 0.131. The lowest BCUT2D eigenvalue weighted by Crippen LogP contribution is -2.48. The smallest absolute Gasteiger partial charge is 0.345 e. The Balaban J connectivity index is 0.977. The van der Waals surface area contributed by atoms with Crippen LogP contribution in [0.25, 0.3) is 31.8 Å². The Morgan fingerprint density at radius 1 is 0.890 bits per heavy atom. The van der Waals surface area contributed by atoms with E-state index in [1.807, 2.05) is 26.0 Å². The average molecular weight is 1060 g/mol. The van der Waals surface area contributed by atoms with Gasteiger partial charge in [-0.15, -0.1) is 11.3 Å². The normalized spacial score (nSPS) is 22.2. The molecule has 0 amide bonds. The molecule has 4 aliphatic heterocycles. The summed E-state index contributed by atoms with van der Waals surface area (Å²) in [6.45, 7) is 10.7. The van der Waals surface area contributed by atoms with Crippen molar-refractivity contribution in [3.8, 4) is 44.7 Å². The van der Waals surface area contributed by atoms with E-state index < -0.39 is 17.9 Å². The highest BCUT2D eigenvalue weighted by atomic mass is 35.5. The van der Waals surface area contributed by atoms with Gasteiger partial charge in [0.15, 0.2) is 5.75 Å². The van der Waals surface area contributed by atoms with Crippen molar-refractivity contribution in [1.29, 1.82) is 0 Å². The highest BCUT2D eigenvalue weighted by molar-refractivity contribution is 7.22. The number of rotatable bonds is 11. The van der Waals surface area contributed by atoms with E-state index in [9.17, 15) is 14.3 Å². The second-order valence-corrected chi connectivity index (χ2v) is 21.0. The van der Waals surface area contributed by atoms with E-state index in [-0.39, 0.29) is 49.7 Å². The minimum absolute atomic E-state index is 0.0247. The Labute approximate surface area is 437 Å². The second kappa shape index (κ2) is 23.1. The monoisotopic (exact) mass is 1060 g/mol. The largest absolute Gasteiger partial charge is 0.493 e. The minimum atomic E-state index is -1.46. The molecule has 4 bridgehead atoms. The van der Waals surface area contributed by atoms with Gasteiger partial charge in [-0.2, -0.15) is 0 Å². The number of ether oxygens (including phenoxy) is 7. The molecule has 1 N–H and O–H groups in total. The number of aromatic nitrogens is 4. The first kappa shape index (κ1) is 51.3. The third-order valence-electron chi connectivity index (χ3n) is 14.2. The standard InChI is InChI=1S/C54H59Cl2FN6O9S/c1-31-44-32(2)48(56)49(47(31)55)71-40(26-63-19-17-62(3)18-20-63)15-21-67-39-12-13-42(70-27-37-14-16-58-51(61-37)34-6-10-38(11-7-34)69-29-41-28-66-22-23-68-41)35(24-39)25-43(54(64)65)72-52-46-45(44)50(73-53(46)60-30-59-52)33-4-8-36(57)9-5-33/h4-5,8-9,12-14,16,24,30,34,38,40-41,43H,6-7,10-11,15,17-23,25-29H2,1-3H3,(H,64,65)/t34-,38+,40-,41?,43+/m0/s1. The Morgan fingerprint density at radius 2 is 1.67 bits per heavy atom. The number of nitrogens with zero attached hydrogens (tertiary/aromatic N) is 6. The maximum absolute atomic E-state index is 14.4. The number of hydrogen-bond donors (Lipinski definition) is 1. The first-order valence-corrected chi connectivity index (χ1v) is 26.5. The van der Waals surface area contributed by atoms with E-state index in [1.54, 1.807) is 30.5 Å². The zero-order valence-corrected chi connectivity index (χ0v) is 43.4. The van der Waals surface area contributed by atoms with Gasteiger partial charge >= 0.3 is 5.97 Å². The third-order valence-corrected chi connectivity index (χ3v) is 16.2. The van der Waals surface area contributed by atoms with Crippen LogP contribution < -0.4 is 18.9 Å². The minimum Gasteiger partial charge on any atom is -0.493 e. The molecule has 0 radical (unpaired) electrons. The van der Waals surface area contributed by atoms with Crippen LogP contribution in [-0.4, -0.2) is 138 Å². The van der Waals surface area contributed by atoms with Gasteiger partial charge in [0.25, 0.3) is 0 Å². The fourth-order valence-electron chi connectivity index (χ4n) is 10.1. The summed E-state index contributed by atoms with van der Waals surface area (Å²) in [4.78, 5) is 38.2. The molecule has 3 fully saturated rings. The molecule has 2 saturated heterocycles. The molecule has 1 unspecified atom stereocenters. The molecule has 73 heavy (non-hydrogen) atoms. The molecule has 0 spiro atoms. The summed E-state index contributed by atoms with van der Waals surface area (Å²) in [6.07, 6.45) is 5.35.